The summed E-state index contributed by atoms with van der Waals surface area (Å²) in [5.41, 5.74) is 14.8. The summed E-state index contributed by atoms with van der Waals surface area (Å²) in [6.45, 7) is 0. The van der Waals surface area contributed by atoms with Gasteiger partial charge >= 0.3 is 0 Å². The predicted octanol–water partition coefficient (Wildman–Crippen LogP) is 15.3. The van der Waals surface area contributed by atoms with Gasteiger partial charge < -0.3 is 19.9 Å². The van der Waals surface area contributed by atoms with Gasteiger partial charge in [0.05, 0.1) is 0 Å². The topological polar surface area (TPSA) is 179 Å². The Balaban J connectivity index is 0.887. The molecule has 13 heterocycles. The van der Waals surface area contributed by atoms with Crippen LogP contribution in [0.4, 0.5) is 69.3 Å². The van der Waals surface area contributed by atoms with E-state index >= 15 is 0 Å². The highest BCUT2D eigenvalue weighted by molar-refractivity contribution is 5.88. The second-order valence-corrected chi connectivity index (χ2v) is 23.7. The third-order valence-electron chi connectivity index (χ3n) is 17.6. The molecule has 0 saturated carbocycles. The number of nitrogens with one attached hydrogen (secondary N) is 4. The summed E-state index contributed by atoms with van der Waals surface area (Å²) in [6, 6.07) is 99.2. The van der Waals surface area contributed by atoms with Crippen LogP contribution in [0.2, 0.25) is 0 Å². The Morgan fingerprint density at radius 2 is 0.350 bits per heavy atom. The van der Waals surface area contributed by atoms with Gasteiger partial charge in [0.15, 0.2) is 0 Å². The summed E-state index contributed by atoms with van der Waals surface area (Å²) in [4.78, 5) is 62.7. The first-order valence-corrected chi connectivity index (χ1v) is 32.8. The molecule has 17 rings (SSSR count). The Kier molecular flexibility index (Phi) is 15.8. The predicted molar refractivity (Wildman–Crippen MR) is 395 cm³/mol. The maximum absolute atomic E-state index is 4.79. The molecule has 476 valence electrons. The van der Waals surface area contributed by atoms with Crippen molar-refractivity contribution in [2.24, 2.45) is 0 Å². The molecular weight excluding hydrogens is 1230 g/mol. The number of pyridine rings is 8. The standard InChI is InChI=1S/C84H60N16/c1-9-49-85-73(17-1)97(74-18-2-10-50-86-74)61-33-25-57(26-34-61)81-65-41-43-67(93-65)82(58-27-35-62(36-28-58)98(75-19-3-11-51-87-75)76-20-4-12-52-88-76)69-45-47-71(95-69)84(60-31-39-64(40-32-60)100(79-23-7-15-55-91-79)80-24-8-16-56-92-80)72-48-46-70(96-72)83(68-44-42-66(81)94-68)59-29-37-63(38-30-59)99(77-21-5-13-53-89-77)78-22-6-14-54-90-78/h1-56,93-96H. The zero-order chi connectivity index (χ0) is 66.6. The van der Waals surface area contributed by atoms with Gasteiger partial charge in [-0.25, -0.2) is 39.9 Å². The Bertz CT molecular complexity index is 4870. The third-order valence-corrected chi connectivity index (χ3v) is 17.6. The summed E-state index contributed by atoms with van der Waals surface area (Å²) in [6.07, 6.45) is 14.4. The summed E-state index contributed by atoms with van der Waals surface area (Å²) < 4.78 is 0. The molecule has 16 nitrogen and oxygen atoms in total. The first kappa shape index (κ1) is 59.6. The van der Waals surface area contributed by atoms with Gasteiger partial charge in [-0.3, -0.25) is 19.6 Å². The fourth-order valence-corrected chi connectivity index (χ4v) is 13.1. The minimum Gasteiger partial charge on any atom is -0.354 e. The van der Waals surface area contributed by atoms with Crippen molar-refractivity contribution in [1.29, 1.82) is 0 Å². The first-order chi connectivity index (χ1) is 49.6. The molecule has 1 aliphatic heterocycles. The molecule has 0 fully saturated rings. The number of aromatic nitrogens is 12. The molecule has 100 heavy (non-hydrogen) atoms. The van der Waals surface area contributed by atoms with Crippen LogP contribution >= 0.6 is 0 Å². The van der Waals surface area contributed by atoms with Crippen molar-refractivity contribution in [3.63, 3.8) is 0 Å². The molecule has 16 heteroatoms. The van der Waals surface area contributed by atoms with Crippen molar-refractivity contribution >= 4 is 91.6 Å². The van der Waals surface area contributed by atoms with E-state index < -0.39 is 0 Å². The summed E-state index contributed by atoms with van der Waals surface area (Å²) in [5.74, 6) is 5.97. The molecule has 1 aliphatic rings. The van der Waals surface area contributed by atoms with Gasteiger partial charge in [-0.1, -0.05) is 97.1 Å². The van der Waals surface area contributed by atoms with E-state index in [1.165, 1.54) is 0 Å². The van der Waals surface area contributed by atoms with Gasteiger partial charge in [0.2, 0.25) is 0 Å². The van der Waals surface area contributed by atoms with E-state index in [0.29, 0.717) is 0 Å². The van der Waals surface area contributed by atoms with Crippen molar-refractivity contribution in [1.82, 2.24) is 59.8 Å². The van der Waals surface area contributed by atoms with Crippen LogP contribution in [0.5, 0.6) is 0 Å². The molecule has 0 spiro atoms. The maximum Gasteiger partial charge on any atom is 0.138 e. The summed E-state index contributed by atoms with van der Waals surface area (Å²) in [7, 11) is 0. The van der Waals surface area contributed by atoms with Gasteiger partial charge in [-0.2, -0.15) is 0 Å². The molecule has 4 aromatic carbocycles. The first-order valence-electron chi connectivity index (χ1n) is 32.8. The van der Waals surface area contributed by atoms with Crippen molar-refractivity contribution < 1.29 is 0 Å². The molecule has 0 aliphatic carbocycles. The minimum atomic E-state index is 0.746. The zero-order valence-electron chi connectivity index (χ0n) is 53.7. The molecule has 0 saturated heterocycles. The number of H-pyrrole nitrogens is 4. The van der Waals surface area contributed by atoms with E-state index in [4.69, 9.17) is 39.9 Å². The normalized spacial score (nSPS) is 11.9. The van der Waals surface area contributed by atoms with Crippen LogP contribution in [-0.2, 0) is 0 Å². The fourth-order valence-electron chi connectivity index (χ4n) is 13.1. The SMILES string of the molecule is c1ccc(N(c2ccc(C3=c4ccc([nH]4)=C(c4ccc(N(c5ccccn5)c5ccccn5)cc4)c4ccc([nH]4)C(c4ccc(N(c5ccccn5)c5ccccn5)cc4)=c4ccc([nH]4)=C(c4ccc(N(c5ccccn5)c5ccccn5)cc4)c4ccc3[nH]4)cc2)c2ccccn2)nc1. The molecule has 16 aromatic rings. The Morgan fingerprint density at radius 3 is 0.510 bits per heavy atom. The molecule has 0 unspecified atom stereocenters. The molecule has 0 atom stereocenters. The van der Waals surface area contributed by atoms with Gasteiger partial charge in [-0.05, 0) is 216 Å². The lowest BCUT2D eigenvalue weighted by atomic mass is 10.0. The lowest BCUT2D eigenvalue weighted by molar-refractivity contribution is 1.12. The molecule has 4 N–H and O–H groups in total. The maximum atomic E-state index is 4.79. The van der Waals surface area contributed by atoms with Gasteiger partial charge in [0.1, 0.15) is 46.5 Å². The van der Waals surface area contributed by atoms with E-state index in [1.54, 1.807) is 49.6 Å². The Hall–Kier alpha value is -14.1. The molecular formula is C84H60N16. The fraction of sp³-hybridized carbons (Fsp3) is 0. The second kappa shape index (κ2) is 26.6. The lowest BCUT2D eigenvalue weighted by Crippen LogP contribution is -2.19. The highest BCUT2D eigenvalue weighted by Gasteiger charge is 2.24. The van der Waals surface area contributed by atoms with Gasteiger partial charge in [0.25, 0.3) is 0 Å². The highest BCUT2D eigenvalue weighted by atomic mass is 15.3. The van der Waals surface area contributed by atoms with Gasteiger partial charge in [-0.15, -0.1) is 0 Å². The quantitative estimate of drug-likeness (QED) is 0.0720. The average Bonchev–Trinajstić information content (AvgIpc) is 1.61. The van der Waals surface area contributed by atoms with E-state index in [2.05, 4.69) is 185 Å². The van der Waals surface area contributed by atoms with Crippen LogP contribution in [0.3, 0.4) is 0 Å². The lowest BCUT2D eigenvalue weighted by Gasteiger charge is -2.23. The van der Waals surface area contributed by atoms with E-state index in [0.717, 1.165) is 158 Å². The van der Waals surface area contributed by atoms with Crippen LogP contribution in [0, 0.1) is 0 Å². The number of hydrogen-bond acceptors (Lipinski definition) is 12. The second-order valence-electron chi connectivity index (χ2n) is 23.7. The van der Waals surface area contributed by atoms with Crippen molar-refractivity contribution in [3.8, 4) is 0 Å². The number of nitrogens with zero attached hydrogens (tertiary/aromatic N) is 12. The number of rotatable bonds is 16. The summed E-state index contributed by atoms with van der Waals surface area (Å²) >= 11 is 0. The van der Waals surface area contributed by atoms with Crippen LogP contribution in [0.25, 0.3) is 22.3 Å². The monoisotopic (exact) mass is 1290 g/mol. The third kappa shape index (κ3) is 11.7. The Labute approximate surface area is 575 Å². The summed E-state index contributed by atoms with van der Waals surface area (Å²) in [5, 5.41) is 3.56. The number of fused-ring (bicyclic) bond motifs is 8. The van der Waals surface area contributed by atoms with Crippen molar-refractivity contribution in [2.45, 2.75) is 0 Å². The smallest absolute Gasteiger partial charge is 0.138 e. The van der Waals surface area contributed by atoms with Crippen LogP contribution in [-0.4, -0.2) is 59.8 Å². The largest absolute Gasteiger partial charge is 0.354 e. The molecule has 8 bridgehead atoms. The van der Waals surface area contributed by atoms with Crippen LogP contribution < -0.4 is 41.0 Å². The zero-order valence-corrected chi connectivity index (χ0v) is 53.7. The average molecular weight is 1290 g/mol. The minimum absolute atomic E-state index is 0.746. The van der Waals surface area contributed by atoms with Crippen molar-refractivity contribution in [3.05, 3.63) is 407 Å². The number of hydrogen-bond donors (Lipinski definition) is 4. The number of benzene rings is 4. The molecule has 12 aromatic heterocycles. The Morgan fingerprint density at radius 1 is 0.170 bits per heavy atom. The molecule has 0 radical (unpaired) electrons. The van der Waals surface area contributed by atoms with E-state index in [-0.39, 0.29) is 0 Å². The van der Waals surface area contributed by atoms with Crippen LogP contribution in [0.15, 0.2) is 341 Å². The van der Waals surface area contributed by atoms with E-state index in [1.807, 2.05) is 146 Å². The van der Waals surface area contributed by atoms with E-state index in [9.17, 15) is 0 Å². The van der Waals surface area contributed by atoms with Crippen LogP contribution in [0.1, 0.15) is 45.0 Å². The van der Waals surface area contributed by atoms with Gasteiger partial charge in [0, 0.05) is 139 Å². The number of aromatic amines is 4. The number of anilines is 12. The highest BCUT2D eigenvalue weighted by Crippen LogP contribution is 2.39. The molecule has 0 amide bonds. The van der Waals surface area contributed by atoms with Crippen molar-refractivity contribution in [2.75, 3.05) is 19.6 Å².